The van der Waals surface area contributed by atoms with Gasteiger partial charge in [-0.2, -0.15) is 4.31 Å². The SMILES string of the molecule is Cc1ccc(S(=O)(=O)N2CCN(C(=O)[C@@H]3CC(=O)Nc4cc(F)ccc43)CC2)c(C)c1. The largest absolute Gasteiger partial charge is 0.340 e. The van der Waals surface area contributed by atoms with Gasteiger partial charge in [0.25, 0.3) is 0 Å². The number of aryl methyl sites for hydroxylation is 2. The fourth-order valence-electron chi connectivity index (χ4n) is 4.25. The van der Waals surface area contributed by atoms with Crippen LogP contribution in [0.5, 0.6) is 0 Å². The summed E-state index contributed by atoms with van der Waals surface area (Å²) in [7, 11) is -3.66. The summed E-state index contributed by atoms with van der Waals surface area (Å²) < 4.78 is 41.1. The van der Waals surface area contributed by atoms with Crippen LogP contribution >= 0.6 is 0 Å². The smallest absolute Gasteiger partial charge is 0.243 e. The van der Waals surface area contributed by atoms with Crippen LogP contribution in [0.2, 0.25) is 0 Å². The van der Waals surface area contributed by atoms with Gasteiger partial charge in [-0.1, -0.05) is 23.8 Å². The first-order chi connectivity index (χ1) is 14.7. The summed E-state index contributed by atoms with van der Waals surface area (Å²) in [6, 6.07) is 9.23. The lowest BCUT2D eigenvalue weighted by molar-refractivity contribution is -0.136. The summed E-state index contributed by atoms with van der Waals surface area (Å²) >= 11 is 0. The van der Waals surface area contributed by atoms with Crippen molar-refractivity contribution in [2.24, 2.45) is 0 Å². The minimum absolute atomic E-state index is 0.0153. The molecule has 0 unspecified atom stereocenters. The molecule has 1 atom stereocenters. The van der Waals surface area contributed by atoms with Gasteiger partial charge in [-0.25, -0.2) is 12.8 Å². The van der Waals surface area contributed by atoms with Crippen LogP contribution in [0.4, 0.5) is 10.1 Å². The van der Waals surface area contributed by atoms with Gasteiger partial charge in [0.15, 0.2) is 0 Å². The Hall–Kier alpha value is -2.78. The number of rotatable bonds is 3. The summed E-state index contributed by atoms with van der Waals surface area (Å²) in [6.45, 7) is 4.50. The number of carbonyl (C=O) groups is 2. The van der Waals surface area contributed by atoms with E-state index in [0.717, 1.165) is 5.56 Å². The van der Waals surface area contributed by atoms with E-state index < -0.39 is 21.8 Å². The van der Waals surface area contributed by atoms with Crippen molar-refractivity contribution in [2.45, 2.75) is 31.1 Å². The highest BCUT2D eigenvalue weighted by Crippen LogP contribution is 2.34. The molecular formula is C22H24FN3O4S. The third-order valence-corrected chi connectivity index (χ3v) is 7.91. The highest BCUT2D eigenvalue weighted by molar-refractivity contribution is 7.89. The van der Waals surface area contributed by atoms with Crippen LogP contribution in [0.15, 0.2) is 41.3 Å². The van der Waals surface area contributed by atoms with Gasteiger partial charge in [0, 0.05) is 38.3 Å². The second-order valence-corrected chi connectivity index (χ2v) is 9.94. The Morgan fingerprint density at radius 1 is 1.06 bits per heavy atom. The van der Waals surface area contributed by atoms with E-state index in [9.17, 15) is 22.4 Å². The number of hydrogen-bond acceptors (Lipinski definition) is 4. The van der Waals surface area contributed by atoms with E-state index in [1.165, 1.54) is 22.5 Å². The van der Waals surface area contributed by atoms with Crippen molar-refractivity contribution < 1.29 is 22.4 Å². The van der Waals surface area contributed by atoms with Crippen LogP contribution in [0, 0.1) is 19.7 Å². The summed E-state index contributed by atoms with van der Waals surface area (Å²) in [5, 5.41) is 2.61. The number of piperazine rings is 1. The number of carbonyl (C=O) groups excluding carboxylic acids is 2. The molecule has 1 N–H and O–H groups in total. The van der Waals surface area contributed by atoms with Crippen LogP contribution in [0.1, 0.15) is 29.0 Å². The highest BCUT2D eigenvalue weighted by atomic mass is 32.2. The predicted octanol–water partition coefficient (Wildman–Crippen LogP) is 2.40. The van der Waals surface area contributed by atoms with Crippen LogP contribution in [-0.4, -0.2) is 55.6 Å². The van der Waals surface area contributed by atoms with Crippen molar-refractivity contribution in [3.05, 3.63) is 58.9 Å². The first-order valence-electron chi connectivity index (χ1n) is 10.1. The van der Waals surface area contributed by atoms with Crippen LogP contribution in [0.3, 0.4) is 0 Å². The third kappa shape index (κ3) is 4.07. The number of sulfonamides is 1. The second kappa shape index (κ2) is 8.05. The van der Waals surface area contributed by atoms with E-state index in [2.05, 4.69) is 5.32 Å². The van der Waals surface area contributed by atoms with Crippen molar-refractivity contribution in [2.75, 3.05) is 31.5 Å². The molecule has 1 saturated heterocycles. The molecule has 0 aromatic heterocycles. The zero-order valence-electron chi connectivity index (χ0n) is 17.4. The molecule has 2 heterocycles. The molecule has 0 spiro atoms. The van der Waals surface area contributed by atoms with Crippen molar-refractivity contribution in [3.8, 4) is 0 Å². The molecular weight excluding hydrogens is 421 g/mol. The minimum Gasteiger partial charge on any atom is -0.340 e. The van der Waals surface area contributed by atoms with Gasteiger partial charge in [0.1, 0.15) is 5.82 Å². The molecule has 0 bridgehead atoms. The predicted molar refractivity (Wildman–Crippen MR) is 114 cm³/mol. The molecule has 9 heteroatoms. The van der Waals surface area contributed by atoms with Gasteiger partial charge in [-0.3, -0.25) is 9.59 Å². The molecule has 2 aromatic rings. The minimum atomic E-state index is -3.66. The van der Waals surface area contributed by atoms with Gasteiger partial charge < -0.3 is 10.2 Å². The van der Waals surface area contributed by atoms with Crippen LogP contribution < -0.4 is 5.32 Å². The molecule has 0 aliphatic carbocycles. The van der Waals surface area contributed by atoms with Gasteiger partial charge in [0.2, 0.25) is 21.8 Å². The Balaban J connectivity index is 1.49. The van der Waals surface area contributed by atoms with Crippen molar-refractivity contribution in [3.63, 3.8) is 0 Å². The number of anilines is 1. The fourth-order valence-corrected chi connectivity index (χ4v) is 5.88. The number of nitrogens with zero attached hydrogens (tertiary/aromatic N) is 2. The average Bonchev–Trinajstić information content (AvgIpc) is 2.72. The van der Waals surface area contributed by atoms with Gasteiger partial charge in [-0.05, 0) is 43.2 Å². The summed E-state index contributed by atoms with van der Waals surface area (Å²) in [5.41, 5.74) is 2.57. The summed E-state index contributed by atoms with van der Waals surface area (Å²) in [4.78, 5) is 27.1. The second-order valence-electron chi connectivity index (χ2n) is 8.03. The number of benzene rings is 2. The van der Waals surface area contributed by atoms with Crippen molar-refractivity contribution in [1.29, 1.82) is 0 Å². The van der Waals surface area contributed by atoms with Gasteiger partial charge >= 0.3 is 0 Å². The maximum Gasteiger partial charge on any atom is 0.243 e. The lowest BCUT2D eigenvalue weighted by Crippen LogP contribution is -2.52. The first-order valence-corrected chi connectivity index (χ1v) is 11.6. The lowest BCUT2D eigenvalue weighted by atomic mass is 9.89. The summed E-state index contributed by atoms with van der Waals surface area (Å²) in [6.07, 6.45) is -0.0153. The topological polar surface area (TPSA) is 86.8 Å². The molecule has 164 valence electrons. The molecule has 1 fully saturated rings. The summed E-state index contributed by atoms with van der Waals surface area (Å²) in [5.74, 6) is -1.77. The Morgan fingerprint density at radius 2 is 1.77 bits per heavy atom. The maximum absolute atomic E-state index is 13.5. The number of hydrogen-bond donors (Lipinski definition) is 1. The van der Waals surface area contributed by atoms with Crippen molar-refractivity contribution in [1.82, 2.24) is 9.21 Å². The van der Waals surface area contributed by atoms with Crippen LogP contribution in [0.25, 0.3) is 0 Å². The van der Waals surface area contributed by atoms with E-state index in [1.807, 2.05) is 13.0 Å². The van der Waals surface area contributed by atoms with E-state index in [4.69, 9.17) is 0 Å². The third-order valence-electron chi connectivity index (χ3n) is 5.85. The number of fused-ring (bicyclic) bond motifs is 1. The maximum atomic E-state index is 13.5. The molecule has 31 heavy (non-hydrogen) atoms. The monoisotopic (exact) mass is 445 g/mol. The molecule has 7 nitrogen and oxygen atoms in total. The normalized spacial score (nSPS) is 19.6. The van der Waals surface area contributed by atoms with Crippen LogP contribution in [-0.2, 0) is 19.6 Å². The molecule has 2 amide bonds. The zero-order chi connectivity index (χ0) is 22.3. The van der Waals surface area contributed by atoms with E-state index in [-0.39, 0.29) is 49.3 Å². The number of nitrogens with one attached hydrogen (secondary N) is 1. The lowest BCUT2D eigenvalue weighted by Gasteiger charge is -2.37. The fraction of sp³-hybridized carbons (Fsp3) is 0.364. The average molecular weight is 446 g/mol. The van der Waals surface area contributed by atoms with E-state index in [1.54, 1.807) is 24.0 Å². The molecule has 4 rings (SSSR count). The number of halogens is 1. The number of amides is 2. The quantitative estimate of drug-likeness (QED) is 0.786. The molecule has 0 saturated carbocycles. The molecule has 2 aromatic carbocycles. The highest BCUT2D eigenvalue weighted by Gasteiger charge is 2.37. The standard InChI is InChI=1S/C22H24FN3O4S/c1-14-3-6-20(15(2)11-14)31(29,30)26-9-7-25(8-10-26)22(28)18-13-21(27)24-19-12-16(23)4-5-17(18)19/h3-6,11-12,18H,7-10,13H2,1-2H3,(H,24,27)/t18-/m1/s1. The molecule has 2 aliphatic heterocycles. The Kier molecular flexibility index (Phi) is 5.57. The zero-order valence-corrected chi connectivity index (χ0v) is 18.2. The van der Waals surface area contributed by atoms with Crippen molar-refractivity contribution >= 4 is 27.5 Å². The van der Waals surface area contributed by atoms with Gasteiger partial charge in [-0.15, -0.1) is 0 Å². The Morgan fingerprint density at radius 3 is 2.45 bits per heavy atom. The van der Waals surface area contributed by atoms with Gasteiger partial charge in [0.05, 0.1) is 10.8 Å². The first kappa shape index (κ1) is 21.5. The Bertz CT molecular complexity index is 1160. The Labute approximate surface area is 180 Å². The molecule has 0 radical (unpaired) electrons. The molecule has 2 aliphatic rings. The van der Waals surface area contributed by atoms with E-state index in [0.29, 0.717) is 16.8 Å². The van der Waals surface area contributed by atoms with E-state index >= 15 is 0 Å².